The zero-order valence-electron chi connectivity index (χ0n) is 9.64. The molecular formula is C13H14Br2Si. The van der Waals surface area contributed by atoms with Crippen molar-refractivity contribution in [1.29, 1.82) is 0 Å². The van der Waals surface area contributed by atoms with E-state index in [1.165, 1.54) is 25.3 Å². The van der Waals surface area contributed by atoms with Gasteiger partial charge in [-0.05, 0) is 16.3 Å². The molecule has 0 aliphatic heterocycles. The van der Waals surface area contributed by atoms with Gasteiger partial charge in [-0.15, -0.1) is 0 Å². The van der Waals surface area contributed by atoms with Crippen molar-refractivity contribution in [2.75, 3.05) is 0 Å². The van der Waals surface area contributed by atoms with Gasteiger partial charge in [0.15, 0.2) is 0 Å². The first-order valence-corrected chi connectivity index (χ1v) is 10.4. The fourth-order valence-electron chi connectivity index (χ4n) is 1.95. The number of halogens is 2. The van der Waals surface area contributed by atoms with E-state index in [0.29, 0.717) is 0 Å². The molecule has 2 rings (SSSR count). The Kier molecular flexibility index (Phi) is 3.30. The summed E-state index contributed by atoms with van der Waals surface area (Å²) in [6.45, 7) is 7.12. The molecule has 3 heteroatoms. The normalized spacial score (nSPS) is 12.1. The van der Waals surface area contributed by atoms with Crippen molar-refractivity contribution >= 4 is 45.1 Å². The van der Waals surface area contributed by atoms with E-state index in [-0.39, 0.29) is 0 Å². The quantitative estimate of drug-likeness (QED) is 0.639. The third-order valence-corrected chi connectivity index (χ3v) is 7.08. The van der Waals surface area contributed by atoms with E-state index >= 15 is 0 Å². The van der Waals surface area contributed by atoms with Crippen LogP contribution in [0.1, 0.15) is 0 Å². The fraction of sp³-hybridized carbons (Fsp3) is 0.231. The smallest absolute Gasteiger partial charge is 0.0656 e. The van der Waals surface area contributed by atoms with Crippen LogP contribution in [0.2, 0.25) is 19.6 Å². The van der Waals surface area contributed by atoms with Crippen LogP contribution < -0.4 is 5.19 Å². The standard InChI is InChI=1S/C13H14Br2Si/c1-16(2,3)13-11(14)9-7-5-4-6-8-10(9)12(13)15/h4-8H,1-3H3. The van der Waals surface area contributed by atoms with Crippen LogP contribution in [0.15, 0.2) is 39.3 Å². The molecule has 0 radical (unpaired) electrons. The first-order valence-electron chi connectivity index (χ1n) is 5.29. The van der Waals surface area contributed by atoms with Gasteiger partial charge in [-0.1, -0.05) is 81.8 Å². The molecule has 0 spiro atoms. The lowest BCUT2D eigenvalue weighted by Crippen LogP contribution is -2.38. The Hall–Kier alpha value is -0.123. The molecule has 0 N–H and O–H groups in total. The predicted octanol–water partition coefficient (Wildman–Crippen LogP) is 4.86. The number of rotatable bonds is 1. The Balaban J connectivity index is 2.83. The highest BCUT2D eigenvalue weighted by Gasteiger charge is 2.28. The minimum atomic E-state index is -1.33. The lowest BCUT2D eigenvalue weighted by Gasteiger charge is -2.16. The van der Waals surface area contributed by atoms with Crippen LogP contribution in [0.4, 0.5) is 0 Å². The van der Waals surface area contributed by atoms with Crippen molar-refractivity contribution in [1.82, 2.24) is 0 Å². The molecule has 0 bridgehead atoms. The molecule has 0 fully saturated rings. The van der Waals surface area contributed by atoms with Gasteiger partial charge in [-0.3, -0.25) is 0 Å². The zero-order chi connectivity index (χ0) is 11.9. The predicted molar refractivity (Wildman–Crippen MR) is 81.4 cm³/mol. The Bertz CT molecular complexity index is 463. The van der Waals surface area contributed by atoms with E-state index in [4.69, 9.17) is 0 Å². The Morgan fingerprint density at radius 3 is 1.62 bits per heavy atom. The highest BCUT2D eigenvalue weighted by atomic mass is 79.9. The fourth-order valence-corrected chi connectivity index (χ4v) is 8.46. The zero-order valence-corrected chi connectivity index (χ0v) is 13.8. The second kappa shape index (κ2) is 4.28. The Morgan fingerprint density at radius 2 is 1.25 bits per heavy atom. The van der Waals surface area contributed by atoms with Gasteiger partial charge in [-0.25, -0.2) is 0 Å². The van der Waals surface area contributed by atoms with Gasteiger partial charge in [0.05, 0.1) is 8.07 Å². The molecule has 16 heavy (non-hydrogen) atoms. The Labute approximate surface area is 115 Å². The summed E-state index contributed by atoms with van der Waals surface area (Å²) in [5.41, 5.74) is 2.60. The van der Waals surface area contributed by atoms with Crippen molar-refractivity contribution < 1.29 is 0 Å². The summed E-state index contributed by atoms with van der Waals surface area (Å²) in [6, 6.07) is 10.6. The van der Waals surface area contributed by atoms with Crippen molar-refractivity contribution in [2.45, 2.75) is 19.6 Å². The third-order valence-electron chi connectivity index (χ3n) is 2.70. The molecular weight excluding hydrogens is 344 g/mol. The molecule has 0 unspecified atom stereocenters. The minimum Gasteiger partial charge on any atom is -0.0656 e. The molecule has 0 nitrogen and oxygen atoms in total. The first kappa shape index (κ1) is 12.3. The maximum Gasteiger partial charge on any atom is 0.0806 e. The second-order valence-electron chi connectivity index (χ2n) is 4.99. The second-order valence-corrected chi connectivity index (χ2v) is 11.6. The van der Waals surface area contributed by atoms with Gasteiger partial charge in [0.1, 0.15) is 0 Å². The molecule has 0 saturated carbocycles. The summed E-state index contributed by atoms with van der Waals surface area (Å²) in [6.07, 6.45) is 0. The van der Waals surface area contributed by atoms with Crippen LogP contribution >= 0.6 is 31.9 Å². The van der Waals surface area contributed by atoms with Crippen molar-refractivity contribution in [3.05, 3.63) is 39.3 Å². The van der Waals surface area contributed by atoms with Gasteiger partial charge in [0.25, 0.3) is 0 Å². The first-order chi connectivity index (χ1) is 7.43. The maximum absolute atomic E-state index is 3.76. The number of hydrogen-bond donors (Lipinski definition) is 0. The molecule has 0 amide bonds. The van der Waals surface area contributed by atoms with E-state index in [2.05, 4.69) is 81.8 Å². The van der Waals surface area contributed by atoms with E-state index in [9.17, 15) is 0 Å². The number of hydrogen-bond acceptors (Lipinski definition) is 0. The molecule has 0 aromatic carbocycles. The molecule has 0 saturated heterocycles. The third kappa shape index (κ3) is 2.00. The monoisotopic (exact) mass is 356 g/mol. The topological polar surface area (TPSA) is 0 Å². The van der Waals surface area contributed by atoms with E-state index in [1.54, 1.807) is 0 Å². The van der Waals surface area contributed by atoms with Crippen LogP contribution in [0.3, 0.4) is 0 Å². The average molecular weight is 358 g/mol. The van der Waals surface area contributed by atoms with E-state index in [1.807, 2.05) is 0 Å². The lowest BCUT2D eigenvalue weighted by molar-refractivity contribution is 1.72. The van der Waals surface area contributed by atoms with Gasteiger partial charge < -0.3 is 0 Å². The minimum absolute atomic E-state index is 1.27. The SMILES string of the molecule is C[Si](C)(C)c1c(Br)c2cccccc-2c1Br. The van der Waals surface area contributed by atoms with Crippen LogP contribution in [-0.4, -0.2) is 8.07 Å². The number of fused-ring (bicyclic) bond motifs is 1. The van der Waals surface area contributed by atoms with Crippen LogP contribution in [0, 0.1) is 0 Å². The van der Waals surface area contributed by atoms with Crippen molar-refractivity contribution in [3.8, 4) is 11.1 Å². The highest BCUT2D eigenvalue weighted by molar-refractivity contribution is 9.11. The summed E-state index contributed by atoms with van der Waals surface area (Å²) in [5, 5.41) is 1.48. The van der Waals surface area contributed by atoms with Gasteiger partial charge in [-0.2, -0.15) is 0 Å². The summed E-state index contributed by atoms with van der Waals surface area (Å²) < 4.78 is 2.54. The van der Waals surface area contributed by atoms with Crippen LogP contribution in [0.5, 0.6) is 0 Å². The van der Waals surface area contributed by atoms with E-state index in [0.717, 1.165) is 0 Å². The highest BCUT2D eigenvalue weighted by Crippen LogP contribution is 2.38. The molecule has 0 aromatic rings. The van der Waals surface area contributed by atoms with E-state index < -0.39 is 8.07 Å². The van der Waals surface area contributed by atoms with Crippen LogP contribution in [-0.2, 0) is 0 Å². The van der Waals surface area contributed by atoms with Crippen molar-refractivity contribution in [2.24, 2.45) is 0 Å². The molecule has 0 atom stereocenters. The average Bonchev–Trinajstić information content (AvgIpc) is 2.39. The molecule has 0 aromatic heterocycles. The molecule has 84 valence electrons. The summed E-state index contributed by atoms with van der Waals surface area (Å²) in [7, 11) is -1.33. The summed E-state index contributed by atoms with van der Waals surface area (Å²) >= 11 is 7.53. The van der Waals surface area contributed by atoms with Crippen molar-refractivity contribution in [3.63, 3.8) is 0 Å². The van der Waals surface area contributed by atoms with Gasteiger partial charge in [0, 0.05) is 8.95 Å². The maximum atomic E-state index is 3.76. The molecule has 2 aliphatic carbocycles. The lowest BCUT2D eigenvalue weighted by atomic mass is 10.2. The van der Waals surface area contributed by atoms with Gasteiger partial charge >= 0.3 is 0 Å². The summed E-state index contributed by atoms with van der Waals surface area (Å²) in [5.74, 6) is 0. The van der Waals surface area contributed by atoms with Crippen LogP contribution in [0.25, 0.3) is 11.1 Å². The molecule has 0 heterocycles. The largest absolute Gasteiger partial charge is 0.0806 e. The van der Waals surface area contributed by atoms with Gasteiger partial charge in [0.2, 0.25) is 0 Å². The molecule has 2 aliphatic rings. The Morgan fingerprint density at radius 1 is 0.812 bits per heavy atom. The summed E-state index contributed by atoms with van der Waals surface area (Å²) in [4.78, 5) is 0.